The van der Waals surface area contributed by atoms with Gasteiger partial charge in [0.15, 0.2) is 9.84 Å². The summed E-state index contributed by atoms with van der Waals surface area (Å²) in [4.78, 5) is 12.5. The number of sulfonamides is 1. The van der Waals surface area contributed by atoms with Crippen LogP contribution in [0.3, 0.4) is 0 Å². The molecule has 28 heavy (non-hydrogen) atoms. The van der Waals surface area contributed by atoms with Crippen LogP contribution in [0.1, 0.15) is 33.9 Å². The van der Waals surface area contributed by atoms with Crippen LogP contribution in [0.5, 0.6) is 0 Å². The number of carbonyl (C=O) groups is 1. The molecule has 3 rings (SSSR count). The fourth-order valence-corrected chi connectivity index (χ4v) is 6.26. The fraction of sp³-hybridized carbons (Fsp3) is 0.389. The molecule has 1 fully saturated rings. The number of carbonyl (C=O) groups excluding carboxylic acids is 1. The predicted molar refractivity (Wildman–Crippen MR) is 105 cm³/mol. The van der Waals surface area contributed by atoms with Gasteiger partial charge in [0, 0.05) is 17.3 Å². The van der Waals surface area contributed by atoms with Crippen LogP contribution in [0.2, 0.25) is 0 Å². The van der Waals surface area contributed by atoms with Gasteiger partial charge in [0.25, 0.3) is 5.91 Å². The summed E-state index contributed by atoms with van der Waals surface area (Å²) in [5.41, 5.74) is 1.65. The molecule has 152 valence electrons. The Morgan fingerprint density at radius 2 is 1.75 bits per heavy atom. The molecule has 0 bridgehead atoms. The zero-order valence-corrected chi connectivity index (χ0v) is 17.4. The van der Waals surface area contributed by atoms with E-state index in [1.54, 1.807) is 20.8 Å². The zero-order valence-electron chi connectivity index (χ0n) is 15.8. The van der Waals surface area contributed by atoms with E-state index >= 15 is 0 Å². The summed E-state index contributed by atoms with van der Waals surface area (Å²) in [6, 6.07) is 5.07. The number of furan rings is 1. The Bertz CT molecular complexity index is 1120. The largest absolute Gasteiger partial charge is 0.466 e. The van der Waals surface area contributed by atoms with Gasteiger partial charge >= 0.3 is 0 Å². The van der Waals surface area contributed by atoms with Crippen LogP contribution in [0.25, 0.3) is 0 Å². The molecule has 1 aliphatic rings. The van der Waals surface area contributed by atoms with E-state index in [1.807, 2.05) is 0 Å². The number of nitrogens with one attached hydrogen (secondary N) is 2. The number of sulfone groups is 1. The molecule has 0 unspecified atom stereocenters. The monoisotopic (exact) mass is 426 g/mol. The van der Waals surface area contributed by atoms with Gasteiger partial charge in [-0.2, -0.15) is 0 Å². The highest BCUT2D eigenvalue weighted by atomic mass is 32.2. The van der Waals surface area contributed by atoms with Crippen LogP contribution in [-0.2, 0) is 19.9 Å². The minimum atomic E-state index is -3.84. The summed E-state index contributed by atoms with van der Waals surface area (Å²) < 4.78 is 55.8. The maximum Gasteiger partial charge on any atom is 0.259 e. The summed E-state index contributed by atoms with van der Waals surface area (Å²) in [6.07, 6.45) is 0.262. The second kappa shape index (κ2) is 7.34. The molecule has 1 aliphatic heterocycles. The Labute approximate surface area is 164 Å². The molecule has 2 N–H and O–H groups in total. The second-order valence-electron chi connectivity index (χ2n) is 6.91. The summed E-state index contributed by atoms with van der Waals surface area (Å²) in [5.74, 6) is 0.643. The quantitative estimate of drug-likeness (QED) is 0.753. The first-order valence-electron chi connectivity index (χ1n) is 8.69. The summed E-state index contributed by atoms with van der Waals surface area (Å²) in [6.45, 7) is 5.28. The molecule has 8 nitrogen and oxygen atoms in total. The molecule has 1 amide bonds. The SMILES string of the molecule is Cc1oc(C)c(C(=O)Nc2ccc(S(=O)(=O)N[C@H]3CCS(=O)(=O)C3)cc2)c1C. The molecule has 0 saturated carbocycles. The molecule has 1 atom stereocenters. The van der Waals surface area contributed by atoms with Gasteiger partial charge in [0.05, 0.1) is 22.0 Å². The van der Waals surface area contributed by atoms with Crippen LogP contribution in [0.15, 0.2) is 33.6 Å². The van der Waals surface area contributed by atoms with Gasteiger partial charge in [-0.1, -0.05) is 0 Å². The Balaban J connectivity index is 1.71. The third kappa shape index (κ3) is 4.29. The minimum absolute atomic E-state index is 0.00122. The molecular weight excluding hydrogens is 404 g/mol. The van der Waals surface area contributed by atoms with E-state index < -0.39 is 25.9 Å². The maximum absolute atomic E-state index is 12.5. The number of amides is 1. The molecule has 2 heterocycles. The first kappa shape index (κ1) is 20.6. The Morgan fingerprint density at radius 1 is 1.11 bits per heavy atom. The van der Waals surface area contributed by atoms with Crippen molar-refractivity contribution in [3.05, 3.63) is 46.9 Å². The van der Waals surface area contributed by atoms with Crippen LogP contribution >= 0.6 is 0 Å². The minimum Gasteiger partial charge on any atom is -0.466 e. The lowest BCUT2D eigenvalue weighted by atomic mass is 10.1. The average Bonchev–Trinajstić information content (AvgIpc) is 3.05. The third-order valence-electron chi connectivity index (χ3n) is 4.77. The molecular formula is C18H22N2O6S2. The van der Waals surface area contributed by atoms with Crippen molar-refractivity contribution in [2.45, 2.75) is 38.1 Å². The van der Waals surface area contributed by atoms with E-state index in [-0.39, 0.29) is 28.7 Å². The number of benzene rings is 1. The predicted octanol–water partition coefficient (Wildman–Crippen LogP) is 1.92. The van der Waals surface area contributed by atoms with Crippen molar-refractivity contribution in [1.29, 1.82) is 0 Å². The van der Waals surface area contributed by atoms with E-state index in [1.165, 1.54) is 24.3 Å². The first-order valence-corrected chi connectivity index (χ1v) is 12.0. The molecule has 0 aliphatic carbocycles. The van der Waals surface area contributed by atoms with Crippen molar-refractivity contribution >= 4 is 31.5 Å². The van der Waals surface area contributed by atoms with Crippen molar-refractivity contribution in [1.82, 2.24) is 4.72 Å². The van der Waals surface area contributed by atoms with Crippen molar-refractivity contribution in [3.63, 3.8) is 0 Å². The number of hydrogen-bond acceptors (Lipinski definition) is 6. The standard InChI is InChI=1S/C18H22N2O6S2/c1-11-12(2)26-13(3)17(11)18(21)19-14-4-6-16(7-5-14)28(24,25)20-15-8-9-27(22,23)10-15/h4-7,15,20H,8-10H2,1-3H3,(H,19,21)/t15-/m0/s1. The van der Waals surface area contributed by atoms with Crippen LogP contribution in [0.4, 0.5) is 5.69 Å². The highest BCUT2D eigenvalue weighted by Gasteiger charge is 2.31. The van der Waals surface area contributed by atoms with Crippen molar-refractivity contribution < 1.29 is 26.0 Å². The second-order valence-corrected chi connectivity index (χ2v) is 10.9. The molecule has 0 radical (unpaired) electrons. The van der Waals surface area contributed by atoms with E-state index in [0.29, 0.717) is 22.8 Å². The lowest BCUT2D eigenvalue weighted by Gasteiger charge is -2.12. The van der Waals surface area contributed by atoms with Crippen LogP contribution in [-0.4, -0.2) is 40.3 Å². The van der Waals surface area contributed by atoms with Gasteiger partial charge < -0.3 is 9.73 Å². The van der Waals surface area contributed by atoms with Crippen molar-refractivity contribution in [2.75, 3.05) is 16.8 Å². The van der Waals surface area contributed by atoms with Crippen molar-refractivity contribution in [3.8, 4) is 0 Å². The lowest BCUT2D eigenvalue weighted by molar-refractivity contribution is 0.102. The average molecular weight is 427 g/mol. The number of hydrogen-bond donors (Lipinski definition) is 2. The topological polar surface area (TPSA) is 123 Å². The molecule has 1 aromatic carbocycles. The maximum atomic E-state index is 12.5. The third-order valence-corrected chi connectivity index (χ3v) is 8.07. The highest BCUT2D eigenvalue weighted by Crippen LogP contribution is 2.23. The van der Waals surface area contributed by atoms with Crippen molar-refractivity contribution in [2.24, 2.45) is 0 Å². The van der Waals surface area contributed by atoms with Gasteiger partial charge in [-0.15, -0.1) is 0 Å². The van der Waals surface area contributed by atoms with Crippen LogP contribution < -0.4 is 10.0 Å². The van der Waals surface area contributed by atoms with Gasteiger partial charge in [-0.25, -0.2) is 21.6 Å². The Kier molecular flexibility index (Phi) is 5.39. The van der Waals surface area contributed by atoms with E-state index in [9.17, 15) is 21.6 Å². The van der Waals surface area contributed by atoms with Crippen LogP contribution in [0, 0.1) is 20.8 Å². The summed E-state index contributed by atoms with van der Waals surface area (Å²) in [5, 5.41) is 2.72. The molecule has 1 saturated heterocycles. The molecule has 10 heteroatoms. The Morgan fingerprint density at radius 3 is 2.25 bits per heavy atom. The Hall–Kier alpha value is -2.17. The van der Waals surface area contributed by atoms with Gasteiger partial charge in [0.1, 0.15) is 11.5 Å². The number of anilines is 1. The number of rotatable bonds is 5. The van der Waals surface area contributed by atoms with Gasteiger partial charge in [-0.3, -0.25) is 4.79 Å². The van der Waals surface area contributed by atoms with E-state index in [4.69, 9.17) is 4.42 Å². The van der Waals surface area contributed by atoms with E-state index in [0.717, 1.165) is 5.56 Å². The highest BCUT2D eigenvalue weighted by molar-refractivity contribution is 7.92. The number of aryl methyl sites for hydroxylation is 2. The lowest BCUT2D eigenvalue weighted by Crippen LogP contribution is -2.35. The van der Waals surface area contributed by atoms with Gasteiger partial charge in [0.2, 0.25) is 10.0 Å². The normalized spacial score (nSPS) is 18.9. The summed E-state index contributed by atoms with van der Waals surface area (Å²) in [7, 11) is -7.03. The summed E-state index contributed by atoms with van der Waals surface area (Å²) >= 11 is 0. The first-order chi connectivity index (χ1) is 13.0. The molecule has 1 aromatic heterocycles. The smallest absolute Gasteiger partial charge is 0.259 e. The fourth-order valence-electron chi connectivity index (χ4n) is 3.21. The molecule has 0 spiro atoms. The van der Waals surface area contributed by atoms with E-state index in [2.05, 4.69) is 10.0 Å². The molecule has 2 aromatic rings. The van der Waals surface area contributed by atoms with Gasteiger partial charge in [-0.05, 0) is 51.5 Å². The zero-order chi connectivity index (χ0) is 20.7.